The van der Waals surface area contributed by atoms with Gasteiger partial charge in [-0.05, 0) is 61.7 Å². The number of anilines is 1. The van der Waals surface area contributed by atoms with Crippen LogP contribution in [0.5, 0.6) is 0 Å². The molecule has 26 heavy (non-hydrogen) atoms. The molecule has 0 spiro atoms. The molecule has 0 bridgehead atoms. The van der Waals surface area contributed by atoms with E-state index in [-0.39, 0.29) is 5.91 Å². The first kappa shape index (κ1) is 16.7. The fourth-order valence-corrected chi connectivity index (χ4v) is 3.50. The van der Waals surface area contributed by atoms with Gasteiger partial charge in [-0.1, -0.05) is 18.2 Å². The summed E-state index contributed by atoms with van der Waals surface area (Å²) in [6, 6.07) is 16.3. The average Bonchev–Trinajstić information content (AvgIpc) is 2.67. The largest absolute Gasteiger partial charge is 0.322 e. The summed E-state index contributed by atoms with van der Waals surface area (Å²) in [7, 11) is 0. The molecule has 1 aromatic heterocycles. The van der Waals surface area contributed by atoms with Gasteiger partial charge in [-0.2, -0.15) is 0 Å². The number of pyridine rings is 1. The predicted octanol–water partition coefficient (Wildman–Crippen LogP) is 4.25. The van der Waals surface area contributed by atoms with E-state index >= 15 is 0 Å². The molecular formula is C22H23N3O. The minimum absolute atomic E-state index is 0.0747. The van der Waals surface area contributed by atoms with Gasteiger partial charge in [0.2, 0.25) is 0 Å². The molecule has 0 unspecified atom stereocenters. The maximum absolute atomic E-state index is 12.7. The normalized spacial score (nSPS) is 14.4. The molecule has 1 N–H and O–H groups in total. The first-order valence-corrected chi connectivity index (χ1v) is 9.12. The van der Waals surface area contributed by atoms with Gasteiger partial charge in [-0.15, -0.1) is 0 Å². The second-order valence-electron chi connectivity index (χ2n) is 7.16. The topological polar surface area (TPSA) is 45.2 Å². The van der Waals surface area contributed by atoms with Crippen LogP contribution in [0.4, 0.5) is 5.69 Å². The maximum Gasteiger partial charge on any atom is 0.255 e. The Labute approximate surface area is 153 Å². The van der Waals surface area contributed by atoms with Crippen molar-refractivity contribution < 1.29 is 4.79 Å². The number of rotatable bonds is 3. The minimum Gasteiger partial charge on any atom is -0.322 e. The van der Waals surface area contributed by atoms with E-state index in [2.05, 4.69) is 35.1 Å². The van der Waals surface area contributed by atoms with Crippen molar-refractivity contribution in [3.8, 4) is 0 Å². The Bertz CT molecular complexity index is 965. The number of carbonyl (C=O) groups is 1. The van der Waals surface area contributed by atoms with Gasteiger partial charge < -0.3 is 5.32 Å². The fraction of sp³-hybridized carbons (Fsp3) is 0.273. The van der Waals surface area contributed by atoms with E-state index in [4.69, 9.17) is 0 Å². The predicted molar refractivity (Wildman–Crippen MR) is 105 cm³/mol. The number of aromatic nitrogens is 1. The Kier molecular flexibility index (Phi) is 4.43. The van der Waals surface area contributed by atoms with Crippen LogP contribution >= 0.6 is 0 Å². The Balaban J connectivity index is 1.53. The highest BCUT2D eigenvalue weighted by Gasteiger charge is 2.19. The van der Waals surface area contributed by atoms with E-state index in [0.717, 1.165) is 36.1 Å². The van der Waals surface area contributed by atoms with Gasteiger partial charge in [0.15, 0.2) is 0 Å². The van der Waals surface area contributed by atoms with Crippen LogP contribution in [0, 0.1) is 0 Å². The lowest BCUT2D eigenvalue weighted by molar-refractivity contribution is 0.102. The molecule has 4 heteroatoms. The number of amides is 1. The highest BCUT2D eigenvalue weighted by molar-refractivity contribution is 6.05. The molecule has 0 atom stereocenters. The molecular weight excluding hydrogens is 322 g/mol. The Morgan fingerprint density at radius 2 is 2.00 bits per heavy atom. The van der Waals surface area contributed by atoms with Gasteiger partial charge in [0.25, 0.3) is 5.91 Å². The number of hydrogen-bond acceptors (Lipinski definition) is 3. The third-order valence-corrected chi connectivity index (χ3v) is 5.10. The Morgan fingerprint density at radius 1 is 1.12 bits per heavy atom. The van der Waals surface area contributed by atoms with Crippen molar-refractivity contribution in [3.05, 3.63) is 71.4 Å². The summed E-state index contributed by atoms with van der Waals surface area (Å²) >= 11 is 0. The van der Waals surface area contributed by atoms with Crippen LogP contribution in [0.1, 0.15) is 35.3 Å². The lowest BCUT2D eigenvalue weighted by Crippen LogP contribution is -2.36. The van der Waals surface area contributed by atoms with E-state index in [9.17, 15) is 4.79 Å². The van der Waals surface area contributed by atoms with E-state index in [0.29, 0.717) is 11.6 Å². The summed E-state index contributed by atoms with van der Waals surface area (Å²) in [5.41, 5.74) is 4.98. The molecule has 1 amide bonds. The Morgan fingerprint density at radius 3 is 2.85 bits per heavy atom. The molecule has 2 heterocycles. The van der Waals surface area contributed by atoms with Gasteiger partial charge in [-0.25, -0.2) is 0 Å². The minimum atomic E-state index is -0.0747. The van der Waals surface area contributed by atoms with E-state index in [1.54, 1.807) is 6.20 Å². The van der Waals surface area contributed by atoms with Crippen molar-refractivity contribution >= 4 is 22.5 Å². The van der Waals surface area contributed by atoms with Crippen LogP contribution in [0.15, 0.2) is 54.7 Å². The van der Waals surface area contributed by atoms with Gasteiger partial charge >= 0.3 is 0 Å². The maximum atomic E-state index is 12.7. The quantitative estimate of drug-likeness (QED) is 0.772. The molecule has 4 nitrogen and oxygen atoms in total. The van der Waals surface area contributed by atoms with E-state index in [1.807, 2.05) is 42.5 Å². The van der Waals surface area contributed by atoms with Crippen molar-refractivity contribution in [2.45, 2.75) is 32.9 Å². The van der Waals surface area contributed by atoms with Crippen molar-refractivity contribution in [2.24, 2.45) is 0 Å². The summed E-state index contributed by atoms with van der Waals surface area (Å²) in [6.45, 7) is 6.47. The van der Waals surface area contributed by atoms with Crippen LogP contribution < -0.4 is 5.32 Å². The zero-order chi connectivity index (χ0) is 18.1. The zero-order valence-electron chi connectivity index (χ0n) is 15.2. The summed E-state index contributed by atoms with van der Waals surface area (Å²) in [6.07, 6.45) is 2.76. The van der Waals surface area contributed by atoms with Gasteiger partial charge in [0.1, 0.15) is 0 Å². The smallest absolute Gasteiger partial charge is 0.255 e. The van der Waals surface area contributed by atoms with Crippen LogP contribution in [0.3, 0.4) is 0 Å². The monoisotopic (exact) mass is 345 g/mol. The standard InChI is InChI=1S/C22H23N3O/c1-15(2)25-11-9-17-12-18(5-6-19(17)14-25)22(26)24-20-8-7-16-4-3-10-23-21(16)13-20/h3-8,10,12-13,15H,9,11,14H2,1-2H3,(H,24,26). The van der Waals surface area contributed by atoms with Crippen molar-refractivity contribution in [3.63, 3.8) is 0 Å². The number of benzene rings is 2. The third kappa shape index (κ3) is 3.33. The number of nitrogens with one attached hydrogen (secondary N) is 1. The first-order valence-electron chi connectivity index (χ1n) is 9.12. The second-order valence-corrected chi connectivity index (χ2v) is 7.16. The van der Waals surface area contributed by atoms with Crippen LogP contribution in [0.2, 0.25) is 0 Å². The van der Waals surface area contributed by atoms with Crippen LogP contribution in [0.25, 0.3) is 10.9 Å². The zero-order valence-corrected chi connectivity index (χ0v) is 15.2. The van der Waals surface area contributed by atoms with Crippen molar-refractivity contribution in [1.82, 2.24) is 9.88 Å². The molecule has 0 saturated heterocycles. The summed E-state index contributed by atoms with van der Waals surface area (Å²) in [5, 5.41) is 4.06. The Hall–Kier alpha value is -2.72. The molecule has 0 saturated carbocycles. The number of fused-ring (bicyclic) bond motifs is 2. The van der Waals surface area contributed by atoms with Gasteiger partial charge in [0, 0.05) is 42.0 Å². The molecule has 1 aliphatic heterocycles. The van der Waals surface area contributed by atoms with Gasteiger partial charge in [0.05, 0.1) is 5.52 Å². The summed E-state index contributed by atoms with van der Waals surface area (Å²) in [4.78, 5) is 19.5. The molecule has 132 valence electrons. The highest BCUT2D eigenvalue weighted by atomic mass is 16.1. The van der Waals surface area contributed by atoms with Crippen molar-refractivity contribution in [1.29, 1.82) is 0 Å². The average molecular weight is 345 g/mol. The molecule has 0 fully saturated rings. The SMILES string of the molecule is CC(C)N1CCc2cc(C(=O)Nc3ccc4cccnc4c3)ccc2C1. The van der Waals surface area contributed by atoms with E-state index in [1.165, 1.54) is 11.1 Å². The fourth-order valence-electron chi connectivity index (χ4n) is 3.50. The lowest BCUT2D eigenvalue weighted by Gasteiger charge is -2.32. The van der Waals surface area contributed by atoms with Gasteiger partial charge in [-0.3, -0.25) is 14.7 Å². The molecule has 1 aliphatic rings. The first-order chi connectivity index (χ1) is 12.6. The summed E-state index contributed by atoms with van der Waals surface area (Å²) < 4.78 is 0. The lowest BCUT2D eigenvalue weighted by atomic mass is 9.96. The number of carbonyl (C=O) groups excluding carboxylic acids is 1. The van der Waals surface area contributed by atoms with Crippen LogP contribution in [-0.2, 0) is 13.0 Å². The number of hydrogen-bond donors (Lipinski definition) is 1. The molecule has 4 rings (SSSR count). The second kappa shape index (κ2) is 6.89. The van der Waals surface area contributed by atoms with Crippen LogP contribution in [-0.4, -0.2) is 28.4 Å². The highest BCUT2D eigenvalue weighted by Crippen LogP contribution is 2.23. The molecule has 2 aromatic carbocycles. The summed E-state index contributed by atoms with van der Waals surface area (Å²) in [5.74, 6) is -0.0747. The molecule has 3 aromatic rings. The van der Waals surface area contributed by atoms with Crippen molar-refractivity contribution in [2.75, 3.05) is 11.9 Å². The third-order valence-electron chi connectivity index (χ3n) is 5.10. The molecule has 0 aliphatic carbocycles. The number of nitrogens with zero attached hydrogens (tertiary/aromatic N) is 2. The van der Waals surface area contributed by atoms with E-state index < -0.39 is 0 Å². The molecule has 0 radical (unpaired) electrons.